The van der Waals surface area contributed by atoms with Crippen LogP contribution < -0.4 is 20.0 Å². The average molecular weight is 494 g/mol. The second-order valence-corrected chi connectivity index (χ2v) is 9.54. The minimum absolute atomic E-state index is 0.0199. The number of nitrogens with one attached hydrogen (secondary N) is 1. The van der Waals surface area contributed by atoms with E-state index in [1.54, 1.807) is 11.0 Å². The Labute approximate surface area is 210 Å². The summed E-state index contributed by atoms with van der Waals surface area (Å²) in [4.78, 5) is 35.8. The Morgan fingerprint density at radius 2 is 1.92 bits per heavy atom. The minimum atomic E-state index is -0.441. The summed E-state index contributed by atoms with van der Waals surface area (Å²) in [6.45, 7) is 8.71. The predicted molar refractivity (Wildman–Crippen MR) is 136 cm³/mol. The van der Waals surface area contributed by atoms with Gasteiger partial charge in [-0.1, -0.05) is 18.2 Å². The van der Waals surface area contributed by atoms with Crippen molar-refractivity contribution in [2.75, 3.05) is 49.1 Å². The molecule has 1 atom stereocenters. The summed E-state index contributed by atoms with van der Waals surface area (Å²) in [5.74, 6) is 0.674. The number of non-ortho nitro benzene ring substituents is 1. The lowest BCUT2D eigenvalue weighted by atomic mass is 10.1. The molecule has 2 aromatic carbocycles. The zero-order chi connectivity index (χ0) is 25.2. The van der Waals surface area contributed by atoms with E-state index < -0.39 is 4.92 Å². The largest absolute Gasteiger partial charge is 0.489 e. The van der Waals surface area contributed by atoms with Gasteiger partial charge in [0.05, 0.1) is 22.4 Å². The number of benzene rings is 2. The lowest BCUT2D eigenvalue weighted by Gasteiger charge is -2.37. The number of hydroxylamine groups is 1. The number of piperazine rings is 1. The third kappa shape index (κ3) is 5.00. The third-order valence-electron chi connectivity index (χ3n) is 6.70. The maximum absolute atomic E-state index is 13.2. The first kappa shape index (κ1) is 24.1. The molecule has 1 fully saturated rings. The number of rotatable bonds is 7. The lowest BCUT2D eigenvalue weighted by molar-refractivity contribution is -0.384. The van der Waals surface area contributed by atoms with Gasteiger partial charge in [-0.3, -0.25) is 30.1 Å². The Kier molecular flexibility index (Phi) is 6.80. The normalized spacial score (nSPS) is 19.8. The summed E-state index contributed by atoms with van der Waals surface area (Å²) in [5, 5.41) is 11.2. The summed E-state index contributed by atoms with van der Waals surface area (Å²) in [6.07, 6.45) is 2.36. The van der Waals surface area contributed by atoms with Crippen LogP contribution in [0.4, 0.5) is 17.1 Å². The Hall–Kier alpha value is -3.63. The molecule has 0 bridgehead atoms. The molecule has 190 valence electrons. The molecule has 10 nitrogen and oxygen atoms in total. The molecule has 2 aromatic rings. The molecule has 1 amide bonds. The van der Waals surface area contributed by atoms with Crippen LogP contribution >= 0.6 is 0 Å². The number of hydrogen-bond donors (Lipinski definition) is 1. The van der Waals surface area contributed by atoms with Crippen molar-refractivity contribution in [1.29, 1.82) is 0 Å². The zero-order valence-electron chi connectivity index (χ0n) is 20.6. The van der Waals surface area contributed by atoms with E-state index in [1.165, 1.54) is 12.1 Å². The first-order valence-electron chi connectivity index (χ1n) is 12.3. The molecule has 1 unspecified atom stereocenters. The van der Waals surface area contributed by atoms with E-state index in [1.807, 2.05) is 38.1 Å². The highest BCUT2D eigenvalue weighted by Gasteiger charge is 2.32. The summed E-state index contributed by atoms with van der Waals surface area (Å²) in [6, 6.07) is 12.8. The monoisotopic (exact) mass is 493 g/mol. The highest BCUT2D eigenvalue weighted by Crippen LogP contribution is 2.33. The average Bonchev–Trinajstić information content (AvgIpc) is 3.51. The first-order chi connectivity index (χ1) is 17.4. The smallest absolute Gasteiger partial charge is 0.276 e. The van der Waals surface area contributed by atoms with E-state index in [4.69, 9.17) is 9.57 Å². The van der Waals surface area contributed by atoms with Gasteiger partial charge in [0.15, 0.2) is 0 Å². The molecule has 10 heteroatoms. The topological polar surface area (TPSA) is 100 Å². The number of anilines is 2. The van der Waals surface area contributed by atoms with Crippen molar-refractivity contribution in [3.05, 3.63) is 69.9 Å². The molecule has 0 radical (unpaired) electrons. The maximum Gasteiger partial charge on any atom is 0.276 e. The molecule has 1 saturated heterocycles. The predicted octanol–water partition coefficient (Wildman–Crippen LogP) is 2.88. The Balaban J connectivity index is 1.18. The summed E-state index contributed by atoms with van der Waals surface area (Å²) in [7, 11) is 0. The zero-order valence-corrected chi connectivity index (χ0v) is 20.6. The molecule has 36 heavy (non-hydrogen) atoms. The van der Waals surface area contributed by atoms with Crippen molar-refractivity contribution < 1.29 is 19.3 Å². The van der Waals surface area contributed by atoms with Crippen LogP contribution in [0.5, 0.6) is 5.75 Å². The van der Waals surface area contributed by atoms with Crippen molar-refractivity contribution in [1.82, 2.24) is 10.4 Å². The van der Waals surface area contributed by atoms with Crippen LogP contribution in [-0.4, -0.2) is 67.2 Å². The highest BCUT2D eigenvalue weighted by molar-refractivity contribution is 6.06. The van der Waals surface area contributed by atoms with E-state index in [2.05, 4.69) is 21.3 Å². The molecular weight excluding hydrogens is 462 g/mol. The fourth-order valence-electron chi connectivity index (χ4n) is 4.93. The van der Waals surface area contributed by atoms with Crippen molar-refractivity contribution in [3.8, 4) is 5.75 Å². The van der Waals surface area contributed by atoms with Gasteiger partial charge in [0.1, 0.15) is 17.6 Å². The van der Waals surface area contributed by atoms with Gasteiger partial charge in [-0.15, -0.1) is 0 Å². The minimum Gasteiger partial charge on any atom is -0.489 e. The fraction of sp³-hybridized carbons (Fsp3) is 0.423. The standard InChI is InChI=1S/C26H31N5O5/c1-18(2)35-25-6-4-3-5-23(25)29-13-11-28(12-14-29)17-21-16-22(27-36-21)26(32)30-10-9-19-7-8-20(31(33)34)15-24(19)30/h3-8,15-16,18,21,27H,9-14,17H2,1-2H3. The third-order valence-corrected chi connectivity index (χ3v) is 6.70. The van der Waals surface area contributed by atoms with E-state index in [0.717, 1.165) is 43.2 Å². The molecule has 3 aliphatic rings. The SMILES string of the molecule is CC(C)Oc1ccccc1N1CCN(CC2C=C(C(=O)N3CCc4ccc([N+](=O)[O-])cc43)NO2)CC1. The number of ether oxygens (including phenoxy) is 1. The summed E-state index contributed by atoms with van der Waals surface area (Å²) in [5.41, 5.74) is 5.78. The van der Waals surface area contributed by atoms with Gasteiger partial charge in [-0.25, -0.2) is 0 Å². The van der Waals surface area contributed by atoms with Gasteiger partial charge < -0.3 is 14.5 Å². The number of hydrogen-bond acceptors (Lipinski definition) is 8. The quantitative estimate of drug-likeness (QED) is 0.464. The molecule has 0 aromatic heterocycles. The Morgan fingerprint density at radius 3 is 2.67 bits per heavy atom. The first-order valence-corrected chi connectivity index (χ1v) is 12.3. The van der Waals surface area contributed by atoms with Crippen LogP contribution in [0.25, 0.3) is 0 Å². The van der Waals surface area contributed by atoms with E-state index in [-0.39, 0.29) is 23.8 Å². The molecular formula is C26H31N5O5. The second-order valence-electron chi connectivity index (χ2n) is 9.54. The highest BCUT2D eigenvalue weighted by atomic mass is 16.7. The molecule has 3 aliphatic heterocycles. The van der Waals surface area contributed by atoms with Crippen molar-refractivity contribution in [3.63, 3.8) is 0 Å². The van der Waals surface area contributed by atoms with E-state index in [9.17, 15) is 14.9 Å². The number of para-hydroxylation sites is 2. The van der Waals surface area contributed by atoms with Crippen LogP contribution in [0.1, 0.15) is 19.4 Å². The Morgan fingerprint density at radius 1 is 1.14 bits per heavy atom. The number of carbonyl (C=O) groups is 1. The molecule has 0 saturated carbocycles. The van der Waals surface area contributed by atoms with Gasteiger partial charge in [0, 0.05) is 51.4 Å². The van der Waals surface area contributed by atoms with Gasteiger partial charge in [0.25, 0.3) is 11.6 Å². The van der Waals surface area contributed by atoms with Gasteiger partial charge in [0.2, 0.25) is 0 Å². The van der Waals surface area contributed by atoms with Crippen molar-refractivity contribution >= 4 is 23.0 Å². The van der Waals surface area contributed by atoms with E-state index in [0.29, 0.717) is 30.9 Å². The molecule has 0 spiro atoms. The van der Waals surface area contributed by atoms with Crippen LogP contribution in [0.2, 0.25) is 0 Å². The fourth-order valence-corrected chi connectivity index (χ4v) is 4.93. The van der Waals surface area contributed by atoms with Gasteiger partial charge in [-0.2, -0.15) is 0 Å². The molecule has 1 N–H and O–H groups in total. The second kappa shape index (κ2) is 10.2. The van der Waals surface area contributed by atoms with Crippen molar-refractivity contribution in [2.45, 2.75) is 32.5 Å². The number of carbonyl (C=O) groups excluding carboxylic acids is 1. The van der Waals surface area contributed by atoms with Crippen LogP contribution in [-0.2, 0) is 16.1 Å². The van der Waals surface area contributed by atoms with Gasteiger partial charge in [-0.05, 0) is 44.0 Å². The van der Waals surface area contributed by atoms with Crippen LogP contribution in [0, 0.1) is 10.1 Å². The van der Waals surface area contributed by atoms with Crippen LogP contribution in [0.3, 0.4) is 0 Å². The van der Waals surface area contributed by atoms with Crippen LogP contribution in [0.15, 0.2) is 54.2 Å². The van der Waals surface area contributed by atoms with Crippen molar-refractivity contribution in [2.24, 2.45) is 0 Å². The molecule has 5 rings (SSSR count). The number of fused-ring (bicyclic) bond motifs is 1. The number of nitro groups is 1. The lowest BCUT2D eigenvalue weighted by Crippen LogP contribution is -2.48. The van der Waals surface area contributed by atoms with Gasteiger partial charge >= 0.3 is 0 Å². The molecule has 3 heterocycles. The number of amides is 1. The van der Waals surface area contributed by atoms with E-state index >= 15 is 0 Å². The Bertz CT molecular complexity index is 1180. The number of nitro benzene ring substituents is 1. The summed E-state index contributed by atoms with van der Waals surface area (Å²) < 4.78 is 5.99. The summed E-state index contributed by atoms with van der Waals surface area (Å²) >= 11 is 0. The number of nitrogens with zero attached hydrogens (tertiary/aromatic N) is 4. The maximum atomic E-state index is 13.2. The molecule has 0 aliphatic carbocycles.